The van der Waals surface area contributed by atoms with Crippen LogP contribution in [0.5, 0.6) is 0 Å². The number of aliphatic hydroxyl groups is 2. The third-order valence-corrected chi connectivity index (χ3v) is 13.0. The normalized spacial score (nSPS) is 51.6. The second kappa shape index (κ2) is 7.94. The number of amides is 1. The van der Waals surface area contributed by atoms with Crippen molar-refractivity contribution in [2.75, 3.05) is 20.7 Å². The van der Waals surface area contributed by atoms with Crippen LogP contribution in [0, 0.1) is 44.8 Å². The van der Waals surface area contributed by atoms with Crippen molar-refractivity contribution in [3.63, 3.8) is 0 Å². The third-order valence-electron chi connectivity index (χ3n) is 13.0. The zero-order valence-corrected chi connectivity index (χ0v) is 22.9. The lowest BCUT2D eigenvalue weighted by Crippen LogP contribution is -2.64. The van der Waals surface area contributed by atoms with Crippen LogP contribution in [0.1, 0.15) is 72.6 Å². The molecule has 210 valence electrons. The van der Waals surface area contributed by atoms with E-state index in [0.717, 1.165) is 6.42 Å². The molecule has 0 bridgehead atoms. The van der Waals surface area contributed by atoms with Gasteiger partial charge in [0.1, 0.15) is 5.78 Å². The number of Topliss-reactive ketones (excluding diaryl/α,β-unsaturated/α-hetero) is 1. The van der Waals surface area contributed by atoms with Crippen molar-refractivity contribution >= 4 is 11.7 Å². The Hall–Kier alpha value is -1.19. The lowest BCUT2D eigenvalue weighted by atomic mass is 9.41. The molecule has 0 saturated heterocycles. The average Bonchev–Trinajstić information content (AvgIpc) is 3.43. The lowest BCUT2D eigenvalue weighted by molar-refractivity contribution is -0.182. The number of fused-ring (bicyclic) bond motifs is 2. The van der Waals surface area contributed by atoms with E-state index in [9.17, 15) is 33.0 Å². The lowest BCUT2D eigenvalue weighted by Gasteiger charge is -2.63. The molecule has 0 radical (unpaired) electrons. The first kappa shape index (κ1) is 27.4. The van der Waals surface area contributed by atoms with E-state index in [-0.39, 0.29) is 52.4 Å². The average molecular weight is 529 g/mol. The summed E-state index contributed by atoms with van der Waals surface area (Å²) in [6.07, 6.45) is -1.39. The molecule has 5 aliphatic carbocycles. The van der Waals surface area contributed by atoms with Gasteiger partial charge < -0.3 is 20.4 Å². The molecule has 9 heteroatoms. The predicted octanol–water partition coefficient (Wildman–Crippen LogP) is 3.54. The Kier molecular flexibility index (Phi) is 5.87. The van der Waals surface area contributed by atoms with Crippen LogP contribution in [-0.4, -0.2) is 71.9 Å². The van der Waals surface area contributed by atoms with Gasteiger partial charge in [-0.3, -0.25) is 9.59 Å². The largest absolute Gasteiger partial charge is 0.471 e. The van der Waals surface area contributed by atoms with Gasteiger partial charge in [-0.05, 0) is 87.6 Å². The van der Waals surface area contributed by atoms with Crippen molar-refractivity contribution in [2.24, 2.45) is 44.8 Å². The smallest absolute Gasteiger partial charge is 0.396 e. The van der Waals surface area contributed by atoms with Crippen molar-refractivity contribution in [3.05, 3.63) is 0 Å². The van der Waals surface area contributed by atoms with Gasteiger partial charge in [0, 0.05) is 35.3 Å². The summed E-state index contributed by atoms with van der Waals surface area (Å²) in [4.78, 5) is 28.2. The monoisotopic (exact) mass is 528 g/mol. The molecule has 0 unspecified atom stereocenters. The highest BCUT2D eigenvalue weighted by Gasteiger charge is 2.86. The van der Waals surface area contributed by atoms with E-state index in [1.807, 2.05) is 14.1 Å². The van der Waals surface area contributed by atoms with Crippen LogP contribution in [0.25, 0.3) is 0 Å². The number of halogens is 3. The van der Waals surface area contributed by atoms with Crippen LogP contribution >= 0.6 is 0 Å². The zero-order valence-electron chi connectivity index (χ0n) is 22.9. The molecule has 0 aromatic rings. The molecule has 5 fully saturated rings. The quantitative estimate of drug-likeness (QED) is 0.520. The Balaban J connectivity index is 1.50. The van der Waals surface area contributed by atoms with Crippen LogP contribution in [0.4, 0.5) is 13.2 Å². The molecule has 3 N–H and O–H groups in total. The number of nitrogens with one attached hydrogen (secondary N) is 1. The van der Waals surface area contributed by atoms with Gasteiger partial charge >= 0.3 is 12.1 Å². The number of alkyl halides is 3. The van der Waals surface area contributed by atoms with Crippen LogP contribution in [0.3, 0.4) is 0 Å². The predicted molar refractivity (Wildman–Crippen MR) is 131 cm³/mol. The van der Waals surface area contributed by atoms with Gasteiger partial charge in [-0.25, -0.2) is 0 Å². The first-order chi connectivity index (χ1) is 17.0. The van der Waals surface area contributed by atoms with Crippen molar-refractivity contribution in [1.29, 1.82) is 0 Å². The van der Waals surface area contributed by atoms with Crippen molar-refractivity contribution < 1.29 is 33.0 Å². The summed E-state index contributed by atoms with van der Waals surface area (Å²) in [5, 5.41) is 24.1. The number of nitrogens with zero attached hydrogens (tertiary/aromatic N) is 1. The molecule has 5 aliphatic rings. The van der Waals surface area contributed by atoms with Crippen LogP contribution in [0.15, 0.2) is 0 Å². The highest BCUT2D eigenvalue weighted by atomic mass is 19.4. The van der Waals surface area contributed by atoms with Gasteiger partial charge in [-0.1, -0.05) is 20.8 Å². The molecule has 2 spiro atoms. The maximum Gasteiger partial charge on any atom is 0.471 e. The Labute approximate surface area is 217 Å². The maximum atomic E-state index is 14.3. The second-order valence-electron chi connectivity index (χ2n) is 14.1. The Morgan fingerprint density at radius 1 is 1.14 bits per heavy atom. The van der Waals surface area contributed by atoms with Crippen molar-refractivity contribution in [3.8, 4) is 0 Å². The van der Waals surface area contributed by atoms with Gasteiger partial charge in [0.25, 0.3) is 0 Å². The van der Waals surface area contributed by atoms with Gasteiger partial charge in [0.2, 0.25) is 0 Å². The van der Waals surface area contributed by atoms with Crippen LogP contribution in [-0.2, 0) is 9.59 Å². The standard InChI is InChI=1S/C28H43F3N2O4/c1-15(33(5)6)21-16(35)11-24(3)18-8-7-17-23(2,14-34)19(32-22(37)28(29,30)31)9-10-26(17)13-27(18,26)20(36)12-25(21,24)4/h15-19,21,34-35H,7-14H2,1-6H3,(H,32,37)/t15-,16+,17-,18-,19-,21-,23-,24-,25+,26+,27+/m0/s1. The van der Waals surface area contributed by atoms with Gasteiger partial charge in [0.15, 0.2) is 0 Å². The third kappa shape index (κ3) is 3.17. The maximum absolute atomic E-state index is 14.3. The molecular weight excluding hydrogens is 485 g/mol. The number of hydrogen-bond acceptors (Lipinski definition) is 5. The molecule has 0 aliphatic heterocycles. The SMILES string of the molecule is C[C@@H]([C@H]1[C@H](O)C[C@@]2(C)[C@@H]3CC[C@H]4[C@](C)(CO)[C@@H](NC(=O)C(F)(F)F)CC[C@@]45C[C@]35C(=O)C[C@]12C)N(C)C. The van der Waals surface area contributed by atoms with Crippen molar-refractivity contribution in [1.82, 2.24) is 10.2 Å². The Morgan fingerprint density at radius 3 is 2.32 bits per heavy atom. The highest BCUT2D eigenvalue weighted by Crippen LogP contribution is 2.87. The topological polar surface area (TPSA) is 89.9 Å². The molecular formula is C28H43F3N2O4. The summed E-state index contributed by atoms with van der Waals surface area (Å²) in [6, 6.07) is -0.687. The minimum absolute atomic E-state index is 0.0303. The van der Waals surface area contributed by atoms with E-state index >= 15 is 0 Å². The second-order valence-corrected chi connectivity index (χ2v) is 14.1. The molecule has 5 saturated carbocycles. The molecule has 0 aromatic carbocycles. The van der Waals surface area contributed by atoms with E-state index in [4.69, 9.17) is 0 Å². The van der Waals surface area contributed by atoms with Gasteiger partial charge in [-0.15, -0.1) is 0 Å². The number of carbonyl (C=O) groups is 2. The number of aliphatic hydroxyl groups excluding tert-OH is 2. The zero-order chi connectivity index (χ0) is 27.6. The van der Waals surface area contributed by atoms with Crippen LogP contribution in [0.2, 0.25) is 0 Å². The van der Waals surface area contributed by atoms with E-state index in [1.165, 1.54) is 0 Å². The summed E-state index contributed by atoms with van der Waals surface area (Å²) >= 11 is 0. The van der Waals surface area contributed by atoms with E-state index in [0.29, 0.717) is 38.5 Å². The van der Waals surface area contributed by atoms with Crippen LogP contribution < -0.4 is 5.32 Å². The first-order valence-corrected chi connectivity index (χ1v) is 13.8. The van der Waals surface area contributed by atoms with Gasteiger partial charge in [-0.2, -0.15) is 13.2 Å². The summed E-state index contributed by atoms with van der Waals surface area (Å²) in [5.74, 6) is -1.80. The number of carbonyl (C=O) groups excluding carboxylic acids is 2. The summed E-state index contributed by atoms with van der Waals surface area (Å²) in [6.45, 7) is 8.04. The Morgan fingerprint density at radius 2 is 1.76 bits per heavy atom. The molecule has 1 amide bonds. The fourth-order valence-electron chi connectivity index (χ4n) is 10.9. The molecule has 5 rings (SSSR count). The number of ketones is 1. The van der Waals surface area contributed by atoms with Gasteiger partial charge in [0.05, 0.1) is 12.7 Å². The highest BCUT2D eigenvalue weighted by molar-refractivity contribution is 5.92. The molecule has 0 heterocycles. The molecule has 11 atom stereocenters. The first-order valence-electron chi connectivity index (χ1n) is 13.8. The fraction of sp³-hybridized carbons (Fsp3) is 0.929. The van der Waals surface area contributed by atoms with E-state index < -0.39 is 35.1 Å². The molecule has 0 aromatic heterocycles. The summed E-state index contributed by atoms with van der Waals surface area (Å²) in [5.41, 5.74) is -2.43. The number of rotatable bonds is 4. The summed E-state index contributed by atoms with van der Waals surface area (Å²) in [7, 11) is 4.02. The van der Waals surface area contributed by atoms with E-state index in [2.05, 4.69) is 31.0 Å². The number of hydrogen-bond donors (Lipinski definition) is 3. The Bertz CT molecular complexity index is 1000. The summed E-state index contributed by atoms with van der Waals surface area (Å²) < 4.78 is 39.2. The molecule has 37 heavy (non-hydrogen) atoms. The minimum Gasteiger partial charge on any atom is -0.396 e. The van der Waals surface area contributed by atoms with Crippen molar-refractivity contribution in [2.45, 2.75) is 97.0 Å². The molecule has 6 nitrogen and oxygen atoms in total. The van der Waals surface area contributed by atoms with E-state index in [1.54, 1.807) is 6.92 Å². The minimum atomic E-state index is -4.98. The fourth-order valence-corrected chi connectivity index (χ4v) is 10.9.